The molecule has 0 aliphatic carbocycles. The van der Waals surface area contributed by atoms with E-state index in [-0.39, 0.29) is 12.8 Å². The summed E-state index contributed by atoms with van der Waals surface area (Å²) >= 11 is 0. The number of aliphatic hydroxyl groups excluding tert-OH is 1. The van der Waals surface area contributed by atoms with Gasteiger partial charge in [-0.25, -0.2) is 0 Å². The van der Waals surface area contributed by atoms with Crippen molar-refractivity contribution in [3.05, 3.63) is 0 Å². The molecule has 0 aliphatic heterocycles. The molecule has 0 amide bonds. The number of hydrogen-bond donors (Lipinski definition) is 1. The van der Waals surface area contributed by atoms with Crippen molar-refractivity contribution < 1.29 is 14.6 Å². The summed E-state index contributed by atoms with van der Waals surface area (Å²) in [6, 6.07) is 0. The van der Waals surface area contributed by atoms with E-state index in [4.69, 9.17) is 11.2 Å². The monoisotopic (exact) mass is 184 g/mol. The summed E-state index contributed by atoms with van der Waals surface area (Å²) in [7, 11) is 0. The fourth-order valence-electron chi connectivity index (χ4n) is 0.784. The third-order valence-electron chi connectivity index (χ3n) is 1.18. The topological polar surface area (TPSA) is 46.5 Å². The van der Waals surface area contributed by atoms with Gasteiger partial charge in [-0.15, -0.1) is 12.3 Å². The largest absolute Gasteiger partial charge is 0.460 e. The average molecular weight is 184 g/mol. The standard InChI is InChI=1S/C10H16O3/c1-5-6-8(11)7-9(12)13-10(2,3)4/h1,8,11H,6-7H2,2-4H3. The Bertz CT molecular complexity index is 207. The van der Waals surface area contributed by atoms with Crippen molar-refractivity contribution in [2.75, 3.05) is 0 Å². The van der Waals surface area contributed by atoms with Crippen molar-refractivity contribution in [2.45, 2.75) is 45.3 Å². The lowest BCUT2D eigenvalue weighted by molar-refractivity contribution is -0.156. The van der Waals surface area contributed by atoms with E-state index in [1.54, 1.807) is 20.8 Å². The zero-order chi connectivity index (χ0) is 10.5. The highest BCUT2D eigenvalue weighted by Crippen LogP contribution is 2.09. The molecule has 1 atom stereocenters. The summed E-state index contributed by atoms with van der Waals surface area (Å²) in [5.41, 5.74) is -0.507. The Balaban J connectivity index is 3.83. The quantitative estimate of drug-likeness (QED) is 0.528. The molecule has 0 saturated carbocycles. The van der Waals surface area contributed by atoms with Crippen LogP contribution in [0.5, 0.6) is 0 Å². The normalized spacial score (nSPS) is 13.2. The number of carbonyl (C=O) groups is 1. The van der Waals surface area contributed by atoms with Crippen LogP contribution in [-0.2, 0) is 9.53 Å². The number of terminal acetylenes is 1. The Kier molecular flexibility index (Phi) is 4.50. The van der Waals surface area contributed by atoms with E-state index in [1.807, 2.05) is 0 Å². The molecule has 0 fully saturated rings. The minimum atomic E-state index is -0.792. The minimum absolute atomic E-state index is 0.0402. The Labute approximate surface area is 79.1 Å². The van der Waals surface area contributed by atoms with Crippen LogP contribution >= 0.6 is 0 Å². The highest BCUT2D eigenvalue weighted by molar-refractivity contribution is 5.70. The average Bonchev–Trinajstić information content (AvgIpc) is 1.81. The molecule has 0 aromatic rings. The van der Waals surface area contributed by atoms with E-state index < -0.39 is 17.7 Å². The Hall–Kier alpha value is -1.01. The molecule has 0 bridgehead atoms. The van der Waals surface area contributed by atoms with E-state index in [0.29, 0.717) is 0 Å². The van der Waals surface area contributed by atoms with Gasteiger partial charge in [0.2, 0.25) is 0 Å². The number of ether oxygens (including phenoxy) is 1. The lowest BCUT2D eigenvalue weighted by Crippen LogP contribution is -2.26. The van der Waals surface area contributed by atoms with Gasteiger partial charge in [0.25, 0.3) is 0 Å². The number of esters is 1. The van der Waals surface area contributed by atoms with Crippen LogP contribution in [0.25, 0.3) is 0 Å². The molecule has 1 unspecified atom stereocenters. The van der Waals surface area contributed by atoms with Gasteiger partial charge >= 0.3 is 5.97 Å². The maximum Gasteiger partial charge on any atom is 0.308 e. The lowest BCUT2D eigenvalue weighted by Gasteiger charge is -2.20. The molecule has 13 heavy (non-hydrogen) atoms. The van der Waals surface area contributed by atoms with Gasteiger partial charge in [-0.3, -0.25) is 4.79 Å². The second-order valence-electron chi connectivity index (χ2n) is 3.85. The Morgan fingerprint density at radius 1 is 1.62 bits per heavy atom. The summed E-state index contributed by atoms with van der Waals surface area (Å²) in [5.74, 6) is 1.86. The van der Waals surface area contributed by atoms with E-state index in [9.17, 15) is 9.90 Å². The highest BCUT2D eigenvalue weighted by atomic mass is 16.6. The maximum absolute atomic E-state index is 11.1. The summed E-state index contributed by atoms with van der Waals surface area (Å²) in [6.45, 7) is 5.33. The van der Waals surface area contributed by atoms with Gasteiger partial charge in [0, 0.05) is 6.42 Å². The SMILES string of the molecule is C#CCC(O)CC(=O)OC(C)(C)C. The third kappa shape index (κ3) is 7.35. The molecular weight excluding hydrogens is 168 g/mol. The van der Waals surface area contributed by atoms with Crippen molar-refractivity contribution in [3.63, 3.8) is 0 Å². The molecule has 0 radical (unpaired) electrons. The van der Waals surface area contributed by atoms with Gasteiger partial charge in [0.15, 0.2) is 0 Å². The van der Waals surface area contributed by atoms with Crippen molar-refractivity contribution in [1.29, 1.82) is 0 Å². The van der Waals surface area contributed by atoms with Crippen LogP contribution in [0.3, 0.4) is 0 Å². The molecule has 3 heteroatoms. The second kappa shape index (κ2) is 4.88. The van der Waals surface area contributed by atoms with Gasteiger partial charge in [-0.2, -0.15) is 0 Å². The van der Waals surface area contributed by atoms with Gasteiger partial charge < -0.3 is 9.84 Å². The maximum atomic E-state index is 11.1. The molecule has 0 saturated heterocycles. The van der Waals surface area contributed by atoms with E-state index in [0.717, 1.165) is 0 Å². The van der Waals surface area contributed by atoms with E-state index in [2.05, 4.69) is 5.92 Å². The highest BCUT2D eigenvalue weighted by Gasteiger charge is 2.18. The molecule has 1 N–H and O–H groups in total. The first-order chi connectivity index (χ1) is 5.85. The second-order valence-corrected chi connectivity index (χ2v) is 3.85. The first-order valence-corrected chi connectivity index (χ1v) is 4.18. The minimum Gasteiger partial charge on any atom is -0.460 e. The molecule has 0 heterocycles. The van der Waals surface area contributed by atoms with E-state index in [1.165, 1.54) is 0 Å². The smallest absolute Gasteiger partial charge is 0.308 e. The Morgan fingerprint density at radius 2 is 2.15 bits per heavy atom. The van der Waals surface area contributed by atoms with Crippen LogP contribution in [0.15, 0.2) is 0 Å². The summed E-state index contributed by atoms with van der Waals surface area (Å²) < 4.78 is 4.99. The summed E-state index contributed by atoms with van der Waals surface area (Å²) in [4.78, 5) is 11.1. The van der Waals surface area contributed by atoms with Crippen LogP contribution in [-0.4, -0.2) is 22.8 Å². The number of carbonyl (C=O) groups excluding carboxylic acids is 1. The van der Waals surface area contributed by atoms with Crippen molar-refractivity contribution in [2.24, 2.45) is 0 Å². The van der Waals surface area contributed by atoms with Crippen LogP contribution in [0.1, 0.15) is 33.6 Å². The molecule has 0 aromatic carbocycles. The number of hydrogen-bond acceptors (Lipinski definition) is 3. The van der Waals surface area contributed by atoms with Crippen LogP contribution < -0.4 is 0 Å². The lowest BCUT2D eigenvalue weighted by atomic mass is 10.1. The molecule has 0 aliphatic rings. The fraction of sp³-hybridized carbons (Fsp3) is 0.700. The van der Waals surface area contributed by atoms with E-state index >= 15 is 0 Å². The first kappa shape index (κ1) is 12.0. The van der Waals surface area contributed by atoms with Crippen LogP contribution in [0.2, 0.25) is 0 Å². The van der Waals surface area contributed by atoms with Crippen LogP contribution in [0, 0.1) is 12.3 Å². The van der Waals surface area contributed by atoms with Crippen molar-refractivity contribution in [1.82, 2.24) is 0 Å². The Morgan fingerprint density at radius 3 is 2.54 bits per heavy atom. The zero-order valence-electron chi connectivity index (χ0n) is 8.33. The van der Waals surface area contributed by atoms with Gasteiger partial charge in [0.1, 0.15) is 5.60 Å². The third-order valence-corrected chi connectivity index (χ3v) is 1.18. The molecule has 74 valence electrons. The summed E-state index contributed by atoms with van der Waals surface area (Å²) in [6.07, 6.45) is 4.32. The molecule has 0 spiro atoms. The summed E-state index contributed by atoms with van der Waals surface area (Å²) in [5, 5.41) is 9.17. The van der Waals surface area contributed by atoms with Gasteiger partial charge in [0.05, 0.1) is 12.5 Å². The van der Waals surface area contributed by atoms with Crippen molar-refractivity contribution in [3.8, 4) is 12.3 Å². The predicted molar refractivity (Wildman–Crippen MR) is 49.9 cm³/mol. The van der Waals surface area contributed by atoms with Crippen LogP contribution in [0.4, 0.5) is 0 Å². The zero-order valence-corrected chi connectivity index (χ0v) is 8.33. The molecule has 0 rings (SSSR count). The number of aliphatic hydroxyl groups is 1. The molecule has 3 nitrogen and oxygen atoms in total. The van der Waals surface area contributed by atoms with Gasteiger partial charge in [-0.05, 0) is 20.8 Å². The van der Waals surface area contributed by atoms with Gasteiger partial charge in [-0.1, -0.05) is 0 Å². The fourth-order valence-corrected chi connectivity index (χ4v) is 0.784. The molecular formula is C10H16O3. The molecule has 0 aromatic heterocycles. The number of rotatable bonds is 3. The van der Waals surface area contributed by atoms with Crippen molar-refractivity contribution >= 4 is 5.97 Å². The first-order valence-electron chi connectivity index (χ1n) is 4.18. The predicted octanol–water partition coefficient (Wildman–Crippen LogP) is 1.10.